The van der Waals surface area contributed by atoms with Gasteiger partial charge < -0.3 is 14.2 Å². The molecule has 2 fully saturated rings. The average Bonchev–Trinajstić information content (AvgIpc) is 3.38. The fourth-order valence-corrected chi connectivity index (χ4v) is 4.89. The lowest BCUT2D eigenvalue weighted by molar-refractivity contribution is 0.0592. The van der Waals surface area contributed by atoms with Crippen LogP contribution in [-0.2, 0) is 30.0 Å². The Bertz CT molecular complexity index is 948. The molecule has 0 aliphatic carbocycles. The Labute approximate surface area is 161 Å². The van der Waals surface area contributed by atoms with Crippen molar-refractivity contribution in [3.63, 3.8) is 0 Å². The van der Waals surface area contributed by atoms with Crippen molar-refractivity contribution in [2.45, 2.75) is 30.0 Å². The smallest absolute Gasteiger partial charge is 0.360 e. The minimum absolute atomic E-state index is 0.0871. The monoisotopic (exact) mass is 408 g/mol. The molecule has 3 heterocycles. The van der Waals surface area contributed by atoms with Gasteiger partial charge in [-0.25, -0.2) is 22.6 Å². The number of rotatable bonds is 6. The Morgan fingerprint density at radius 1 is 1.25 bits per heavy atom. The Kier molecular flexibility index (Phi) is 5.15. The highest BCUT2D eigenvalue weighted by atomic mass is 32.2. The maximum Gasteiger partial charge on any atom is 0.360 e. The first-order chi connectivity index (χ1) is 13.5. The van der Waals surface area contributed by atoms with E-state index < -0.39 is 34.2 Å². The lowest BCUT2D eigenvalue weighted by Crippen LogP contribution is -2.44. The van der Waals surface area contributed by atoms with E-state index in [1.807, 2.05) is 6.07 Å². The summed E-state index contributed by atoms with van der Waals surface area (Å²) in [5.74, 6) is -0.697. The standard InChI is InChI=1S/C17H20N4O6S/c1-25-17(22)12-7-21(20-18-12)14-9-27-15-13(8-26-16(14)15)19-28(23,24)10-11-5-3-2-4-6-11/h2-7,13-16,19H,8-10H2,1H3/t13-,14+,15-,16+/m0/s1. The third kappa shape index (κ3) is 3.78. The number of nitrogens with one attached hydrogen (secondary N) is 1. The van der Waals surface area contributed by atoms with Crippen molar-refractivity contribution in [2.24, 2.45) is 0 Å². The van der Waals surface area contributed by atoms with Crippen molar-refractivity contribution in [1.82, 2.24) is 19.7 Å². The first-order valence-corrected chi connectivity index (χ1v) is 10.4. The fourth-order valence-electron chi connectivity index (χ4n) is 3.51. The van der Waals surface area contributed by atoms with Gasteiger partial charge in [-0.2, -0.15) is 0 Å². The average molecular weight is 408 g/mol. The minimum Gasteiger partial charge on any atom is -0.464 e. The predicted molar refractivity (Wildman–Crippen MR) is 95.9 cm³/mol. The lowest BCUT2D eigenvalue weighted by Gasteiger charge is -2.18. The van der Waals surface area contributed by atoms with Crippen molar-refractivity contribution in [3.8, 4) is 0 Å². The molecule has 2 aliphatic rings. The molecule has 2 aliphatic heterocycles. The molecule has 28 heavy (non-hydrogen) atoms. The van der Waals surface area contributed by atoms with Gasteiger partial charge in [0.1, 0.15) is 18.2 Å². The highest BCUT2D eigenvalue weighted by Crippen LogP contribution is 2.34. The number of esters is 1. The van der Waals surface area contributed by atoms with E-state index in [4.69, 9.17) is 9.47 Å². The summed E-state index contributed by atoms with van der Waals surface area (Å²) in [6.45, 7) is 0.467. The van der Waals surface area contributed by atoms with Crippen molar-refractivity contribution in [1.29, 1.82) is 0 Å². The first kappa shape index (κ1) is 19.0. The third-order valence-electron chi connectivity index (χ3n) is 4.80. The van der Waals surface area contributed by atoms with Crippen LogP contribution in [0, 0.1) is 0 Å². The van der Waals surface area contributed by atoms with Crippen LogP contribution >= 0.6 is 0 Å². The number of sulfonamides is 1. The van der Waals surface area contributed by atoms with Crippen LogP contribution in [0.25, 0.3) is 0 Å². The number of carbonyl (C=O) groups excluding carboxylic acids is 1. The Morgan fingerprint density at radius 3 is 2.75 bits per heavy atom. The summed E-state index contributed by atoms with van der Waals surface area (Å²) in [5, 5.41) is 7.74. The zero-order valence-electron chi connectivity index (χ0n) is 15.1. The third-order valence-corrected chi connectivity index (χ3v) is 6.18. The SMILES string of the molecule is COC(=O)c1cn([C@@H]2CO[C@@H]3[C@@H]2OC[C@@H]3NS(=O)(=O)Cc2ccccc2)nn1. The number of aromatic nitrogens is 3. The van der Waals surface area contributed by atoms with Crippen LogP contribution in [0.1, 0.15) is 22.1 Å². The van der Waals surface area contributed by atoms with Gasteiger partial charge in [-0.15, -0.1) is 5.10 Å². The van der Waals surface area contributed by atoms with E-state index in [0.717, 1.165) is 0 Å². The van der Waals surface area contributed by atoms with Gasteiger partial charge in [0.05, 0.1) is 38.3 Å². The van der Waals surface area contributed by atoms with Gasteiger partial charge in [-0.3, -0.25) is 0 Å². The molecule has 2 saturated heterocycles. The highest BCUT2D eigenvalue weighted by molar-refractivity contribution is 7.88. The number of hydrogen-bond donors (Lipinski definition) is 1. The normalized spacial score (nSPS) is 26.9. The van der Waals surface area contributed by atoms with Gasteiger partial charge in [-0.05, 0) is 5.56 Å². The summed E-state index contributed by atoms with van der Waals surface area (Å²) >= 11 is 0. The van der Waals surface area contributed by atoms with E-state index in [2.05, 4.69) is 19.8 Å². The van der Waals surface area contributed by atoms with Crippen LogP contribution in [-0.4, -0.2) is 68.0 Å². The van der Waals surface area contributed by atoms with Gasteiger partial charge in [0.25, 0.3) is 0 Å². The minimum atomic E-state index is -3.56. The maximum atomic E-state index is 12.5. The van der Waals surface area contributed by atoms with E-state index in [1.165, 1.54) is 18.0 Å². The summed E-state index contributed by atoms with van der Waals surface area (Å²) in [4.78, 5) is 11.6. The summed E-state index contributed by atoms with van der Waals surface area (Å²) in [5.41, 5.74) is 0.790. The van der Waals surface area contributed by atoms with Gasteiger partial charge in [0.15, 0.2) is 5.69 Å². The number of carbonyl (C=O) groups is 1. The Morgan fingerprint density at radius 2 is 2.00 bits per heavy atom. The van der Waals surface area contributed by atoms with Gasteiger partial charge in [0, 0.05) is 0 Å². The van der Waals surface area contributed by atoms with Gasteiger partial charge in [0.2, 0.25) is 10.0 Å². The molecule has 0 amide bonds. The molecule has 4 atom stereocenters. The molecule has 0 radical (unpaired) electrons. The quantitative estimate of drug-likeness (QED) is 0.657. The zero-order valence-corrected chi connectivity index (χ0v) is 15.9. The van der Waals surface area contributed by atoms with Crippen LogP contribution in [0.3, 0.4) is 0 Å². The second-order valence-electron chi connectivity index (χ2n) is 6.71. The van der Waals surface area contributed by atoms with E-state index in [9.17, 15) is 13.2 Å². The van der Waals surface area contributed by atoms with Crippen molar-refractivity contribution < 1.29 is 27.4 Å². The van der Waals surface area contributed by atoms with E-state index in [-0.39, 0.29) is 30.7 Å². The highest BCUT2D eigenvalue weighted by Gasteiger charge is 2.50. The molecule has 2 aromatic rings. The van der Waals surface area contributed by atoms with E-state index in [1.54, 1.807) is 24.3 Å². The molecule has 1 N–H and O–H groups in total. The second-order valence-corrected chi connectivity index (χ2v) is 8.46. The molecule has 0 unspecified atom stereocenters. The number of fused-ring (bicyclic) bond motifs is 1. The lowest BCUT2D eigenvalue weighted by atomic mass is 10.1. The molecule has 150 valence electrons. The molecule has 1 aromatic heterocycles. The van der Waals surface area contributed by atoms with Crippen molar-refractivity contribution in [3.05, 3.63) is 47.8 Å². The van der Waals surface area contributed by atoms with Crippen LogP contribution < -0.4 is 4.72 Å². The summed E-state index contributed by atoms with van der Waals surface area (Å²) in [7, 11) is -2.29. The molecule has 11 heteroatoms. The van der Waals surface area contributed by atoms with E-state index >= 15 is 0 Å². The number of benzene rings is 1. The van der Waals surface area contributed by atoms with Gasteiger partial charge >= 0.3 is 5.97 Å². The Hall–Kier alpha value is -2.34. The number of nitrogens with zero attached hydrogens (tertiary/aromatic N) is 3. The molecule has 0 spiro atoms. The van der Waals surface area contributed by atoms with Crippen molar-refractivity contribution >= 4 is 16.0 Å². The topological polar surface area (TPSA) is 122 Å². The summed E-state index contributed by atoms with van der Waals surface area (Å²) < 4.78 is 45.4. The zero-order chi connectivity index (χ0) is 19.7. The van der Waals surface area contributed by atoms with Gasteiger partial charge in [-0.1, -0.05) is 35.5 Å². The van der Waals surface area contributed by atoms with E-state index in [0.29, 0.717) is 5.56 Å². The van der Waals surface area contributed by atoms with Crippen LogP contribution in [0.15, 0.2) is 36.5 Å². The maximum absolute atomic E-state index is 12.5. The number of hydrogen-bond acceptors (Lipinski definition) is 8. The second kappa shape index (κ2) is 7.59. The summed E-state index contributed by atoms with van der Waals surface area (Å²) in [6.07, 6.45) is 0.636. The largest absolute Gasteiger partial charge is 0.464 e. The fraction of sp³-hybridized carbons (Fsp3) is 0.471. The van der Waals surface area contributed by atoms with Crippen molar-refractivity contribution in [2.75, 3.05) is 20.3 Å². The molecular weight excluding hydrogens is 388 g/mol. The first-order valence-electron chi connectivity index (χ1n) is 8.74. The molecular formula is C17H20N4O6S. The van der Waals surface area contributed by atoms with Crippen LogP contribution in [0.5, 0.6) is 0 Å². The molecule has 1 aromatic carbocycles. The van der Waals surface area contributed by atoms with Crippen LogP contribution in [0.2, 0.25) is 0 Å². The summed E-state index contributed by atoms with van der Waals surface area (Å²) in [6, 6.07) is 8.15. The predicted octanol–water partition coefficient (Wildman–Crippen LogP) is -0.108. The molecule has 0 saturated carbocycles. The number of ether oxygens (including phenoxy) is 3. The number of methoxy groups -OCH3 is 1. The molecule has 0 bridgehead atoms. The molecule has 10 nitrogen and oxygen atoms in total. The Balaban J connectivity index is 1.42. The van der Waals surface area contributed by atoms with Crippen LogP contribution in [0.4, 0.5) is 0 Å². The molecule has 4 rings (SSSR count).